The van der Waals surface area contributed by atoms with E-state index < -0.39 is 12.5 Å². The highest BCUT2D eigenvalue weighted by Crippen LogP contribution is 2.13. The van der Waals surface area contributed by atoms with Gasteiger partial charge in [-0.3, -0.25) is 4.79 Å². The van der Waals surface area contributed by atoms with E-state index in [-0.39, 0.29) is 11.7 Å². The summed E-state index contributed by atoms with van der Waals surface area (Å²) in [5.41, 5.74) is -0.0936. The van der Waals surface area contributed by atoms with Crippen LogP contribution in [0.25, 0.3) is 0 Å². The molecule has 7 heteroatoms. The van der Waals surface area contributed by atoms with Crippen molar-refractivity contribution in [3.05, 3.63) is 18.0 Å². The quantitative estimate of drug-likeness (QED) is 0.883. The van der Waals surface area contributed by atoms with Crippen molar-refractivity contribution in [1.29, 1.82) is 0 Å². The molecule has 5 nitrogen and oxygen atoms in total. The average molecular weight is 258 g/mol. The van der Waals surface area contributed by atoms with Gasteiger partial charge in [-0.15, -0.1) is 0 Å². The fraction of sp³-hybridized carbons (Fsp3) is 0.636. The average Bonchev–Trinajstić information content (AvgIpc) is 2.81. The van der Waals surface area contributed by atoms with Crippen LogP contribution in [0, 0.1) is 0 Å². The van der Waals surface area contributed by atoms with Gasteiger partial charge >= 0.3 is 6.55 Å². The van der Waals surface area contributed by atoms with Gasteiger partial charge in [0.1, 0.15) is 5.69 Å². The molecule has 1 fully saturated rings. The van der Waals surface area contributed by atoms with Crippen molar-refractivity contribution in [2.45, 2.75) is 25.4 Å². The zero-order valence-electron chi connectivity index (χ0n) is 10.1. The summed E-state index contributed by atoms with van der Waals surface area (Å²) in [5, 5.41) is 6.22. The van der Waals surface area contributed by atoms with E-state index in [0.29, 0.717) is 4.68 Å². The van der Waals surface area contributed by atoms with Gasteiger partial charge in [0.05, 0.1) is 0 Å². The predicted molar refractivity (Wildman–Crippen MR) is 61.5 cm³/mol. The van der Waals surface area contributed by atoms with Gasteiger partial charge in [0.25, 0.3) is 5.91 Å². The lowest BCUT2D eigenvalue weighted by Crippen LogP contribution is -2.43. The van der Waals surface area contributed by atoms with Crippen molar-refractivity contribution in [3.8, 4) is 0 Å². The maximum absolute atomic E-state index is 12.6. The van der Waals surface area contributed by atoms with Crippen molar-refractivity contribution in [1.82, 2.24) is 20.0 Å². The number of carbonyl (C=O) groups is 1. The molecule has 1 aliphatic rings. The Balaban J connectivity index is 1.97. The second-order valence-electron chi connectivity index (χ2n) is 4.49. The molecule has 1 amide bonds. The Bertz CT molecular complexity index is 413. The molecular weight excluding hydrogens is 242 g/mol. The number of nitrogens with one attached hydrogen (secondary N) is 1. The van der Waals surface area contributed by atoms with Gasteiger partial charge in [-0.05, 0) is 39.0 Å². The molecule has 2 rings (SSSR count). The lowest BCUT2D eigenvalue weighted by molar-refractivity contribution is 0.0504. The molecule has 0 bridgehead atoms. The molecule has 0 atom stereocenters. The number of aromatic nitrogens is 2. The Morgan fingerprint density at radius 3 is 2.78 bits per heavy atom. The Hall–Kier alpha value is -1.50. The number of halogens is 2. The minimum Gasteiger partial charge on any atom is -0.348 e. The fourth-order valence-electron chi connectivity index (χ4n) is 2.06. The van der Waals surface area contributed by atoms with Crippen LogP contribution < -0.4 is 5.32 Å². The number of carbonyl (C=O) groups excluding carboxylic acids is 1. The smallest absolute Gasteiger partial charge is 0.333 e. The summed E-state index contributed by atoms with van der Waals surface area (Å²) in [6, 6.07) is 1.35. The monoisotopic (exact) mass is 258 g/mol. The minimum absolute atomic E-state index is 0.0507. The zero-order valence-corrected chi connectivity index (χ0v) is 10.1. The molecule has 0 saturated carbocycles. The SMILES string of the molecule is CN1CCC(NC(=O)c2ccnn2C(F)F)CC1. The lowest BCUT2D eigenvalue weighted by Gasteiger charge is -2.29. The van der Waals surface area contributed by atoms with Gasteiger partial charge in [-0.1, -0.05) is 0 Å². The van der Waals surface area contributed by atoms with Crippen LogP contribution >= 0.6 is 0 Å². The van der Waals surface area contributed by atoms with Crippen LogP contribution in [0.3, 0.4) is 0 Å². The zero-order chi connectivity index (χ0) is 13.1. The molecule has 1 aromatic heterocycles. The van der Waals surface area contributed by atoms with Gasteiger partial charge in [0.15, 0.2) is 0 Å². The van der Waals surface area contributed by atoms with Crippen LogP contribution in [0.1, 0.15) is 29.9 Å². The van der Waals surface area contributed by atoms with E-state index in [4.69, 9.17) is 0 Å². The Kier molecular flexibility index (Phi) is 3.90. The van der Waals surface area contributed by atoms with E-state index >= 15 is 0 Å². The normalized spacial score (nSPS) is 18.2. The van der Waals surface area contributed by atoms with E-state index in [1.807, 2.05) is 7.05 Å². The fourth-order valence-corrected chi connectivity index (χ4v) is 2.06. The summed E-state index contributed by atoms with van der Waals surface area (Å²) < 4.78 is 25.6. The number of likely N-dealkylation sites (tertiary alicyclic amines) is 1. The second-order valence-corrected chi connectivity index (χ2v) is 4.49. The number of nitrogens with zero attached hydrogens (tertiary/aromatic N) is 3. The van der Waals surface area contributed by atoms with Crippen molar-refractivity contribution in [2.75, 3.05) is 20.1 Å². The molecule has 0 unspecified atom stereocenters. The first kappa shape index (κ1) is 12.9. The minimum atomic E-state index is -2.79. The molecule has 2 heterocycles. The van der Waals surface area contributed by atoms with Gasteiger partial charge < -0.3 is 10.2 Å². The number of hydrogen-bond acceptors (Lipinski definition) is 3. The van der Waals surface area contributed by atoms with Crippen LogP contribution in [0.5, 0.6) is 0 Å². The molecule has 1 aromatic rings. The standard InChI is InChI=1S/C11H16F2N4O/c1-16-6-3-8(4-7-16)15-10(18)9-2-5-14-17(9)11(12)13/h2,5,8,11H,3-4,6-7H2,1H3,(H,15,18). The molecule has 0 radical (unpaired) electrons. The molecule has 1 aliphatic heterocycles. The molecule has 0 spiro atoms. The highest BCUT2D eigenvalue weighted by Gasteiger charge is 2.22. The van der Waals surface area contributed by atoms with E-state index in [1.54, 1.807) is 0 Å². The topological polar surface area (TPSA) is 50.2 Å². The van der Waals surface area contributed by atoms with Gasteiger partial charge in [0, 0.05) is 12.2 Å². The third-order valence-corrected chi connectivity index (χ3v) is 3.14. The number of hydrogen-bond donors (Lipinski definition) is 1. The third-order valence-electron chi connectivity index (χ3n) is 3.14. The highest BCUT2D eigenvalue weighted by atomic mass is 19.3. The molecule has 0 aliphatic carbocycles. The van der Waals surface area contributed by atoms with Gasteiger partial charge in [-0.2, -0.15) is 18.6 Å². The predicted octanol–water partition coefficient (Wildman–Crippen LogP) is 1.10. The summed E-state index contributed by atoms with van der Waals surface area (Å²) in [6.45, 7) is -0.990. The lowest BCUT2D eigenvalue weighted by atomic mass is 10.1. The molecule has 18 heavy (non-hydrogen) atoms. The molecule has 1 N–H and O–H groups in total. The summed E-state index contributed by atoms with van der Waals surface area (Å²) in [4.78, 5) is 14.0. The van der Waals surface area contributed by atoms with Crippen LogP contribution in [0.2, 0.25) is 0 Å². The summed E-state index contributed by atoms with van der Waals surface area (Å²) in [5.74, 6) is -0.484. The highest BCUT2D eigenvalue weighted by molar-refractivity contribution is 5.92. The van der Waals surface area contributed by atoms with Gasteiger partial charge in [-0.25, -0.2) is 0 Å². The number of rotatable bonds is 3. The van der Waals surface area contributed by atoms with Crippen LogP contribution in [0.4, 0.5) is 8.78 Å². The third kappa shape index (κ3) is 2.84. The van der Waals surface area contributed by atoms with E-state index in [0.717, 1.165) is 25.9 Å². The summed E-state index contributed by atoms with van der Waals surface area (Å²) in [7, 11) is 2.02. The number of amides is 1. The summed E-state index contributed by atoms with van der Waals surface area (Å²) >= 11 is 0. The maximum atomic E-state index is 12.6. The summed E-state index contributed by atoms with van der Waals surface area (Å²) in [6.07, 6.45) is 2.88. The number of alkyl halides is 2. The number of piperidine rings is 1. The van der Waals surface area contributed by atoms with Gasteiger partial charge in [0.2, 0.25) is 0 Å². The van der Waals surface area contributed by atoms with Crippen molar-refractivity contribution in [2.24, 2.45) is 0 Å². The van der Waals surface area contributed by atoms with E-state index in [9.17, 15) is 13.6 Å². The Morgan fingerprint density at radius 1 is 1.50 bits per heavy atom. The largest absolute Gasteiger partial charge is 0.348 e. The molecule has 1 saturated heterocycles. The molecule has 0 aromatic carbocycles. The van der Waals surface area contributed by atoms with Crippen molar-refractivity contribution in [3.63, 3.8) is 0 Å². The first-order chi connectivity index (χ1) is 8.58. The molecule has 100 valence electrons. The Morgan fingerprint density at radius 2 is 2.17 bits per heavy atom. The van der Waals surface area contributed by atoms with Crippen molar-refractivity contribution < 1.29 is 13.6 Å². The van der Waals surface area contributed by atoms with E-state index in [1.165, 1.54) is 12.3 Å². The van der Waals surface area contributed by atoms with Crippen LogP contribution in [-0.2, 0) is 0 Å². The van der Waals surface area contributed by atoms with E-state index in [2.05, 4.69) is 15.3 Å². The molecular formula is C11H16F2N4O. The van der Waals surface area contributed by atoms with Crippen molar-refractivity contribution >= 4 is 5.91 Å². The first-order valence-electron chi connectivity index (χ1n) is 5.89. The first-order valence-corrected chi connectivity index (χ1v) is 5.89. The van der Waals surface area contributed by atoms with Crippen LogP contribution in [0.15, 0.2) is 12.3 Å². The second kappa shape index (κ2) is 5.43. The maximum Gasteiger partial charge on any atom is 0.333 e. The Labute approximate surface area is 104 Å². The van der Waals surface area contributed by atoms with Crippen LogP contribution in [-0.4, -0.2) is 46.8 Å².